The maximum atomic E-state index is 12.1. The second kappa shape index (κ2) is 9.68. The Bertz CT molecular complexity index is 726. The van der Waals surface area contributed by atoms with E-state index in [-0.39, 0.29) is 24.0 Å². The van der Waals surface area contributed by atoms with E-state index in [4.69, 9.17) is 8.92 Å². The highest BCUT2D eigenvalue weighted by Gasteiger charge is 2.18. The number of rotatable bonds is 10. The predicted octanol–water partition coefficient (Wildman–Crippen LogP) is 2.92. The SMILES string of the molecule is Cc1ccc(S(=O)(=O)OCC(CO)CCOCc2ccccc2)cc1. The second-order valence-electron chi connectivity index (χ2n) is 5.93. The van der Waals surface area contributed by atoms with Crippen LogP contribution >= 0.6 is 0 Å². The molecule has 0 saturated heterocycles. The summed E-state index contributed by atoms with van der Waals surface area (Å²) >= 11 is 0. The highest BCUT2D eigenvalue weighted by atomic mass is 32.2. The van der Waals surface area contributed by atoms with Gasteiger partial charge in [-0.15, -0.1) is 0 Å². The van der Waals surface area contributed by atoms with Gasteiger partial charge in [-0.25, -0.2) is 0 Å². The number of hydrogen-bond donors (Lipinski definition) is 1. The van der Waals surface area contributed by atoms with Crippen LogP contribution in [0.4, 0.5) is 0 Å². The zero-order valence-corrected chi connectivity index (χ0v) is 15.1. The lowest BCUT2D eigenvalue weighted by atomic mass is 10.1. The minimum absolute atomic E-state index is 0.0680. The normalized spacial score (nSPS) is 12.9. The Hall–Kier alpha value is -1.73. The Morgan fingerprint density at radius 3 is 2.36 bits per heavy atom. The van der Waals surface area contributed by atoms with Crippen LogP contribution in [0.1, 0.15) is 17.5 Å². The van der Waals surface area contributed by atoms with Crippen LogP contribution in [0, 0.1) is 12.8 Å². The number of aliphatic hydroxyl groups excluding tert-OH is 1. The van der Waals surface area contributed by atoms with Gasteiger partial charge in [0.15, 0.2) is 0 Å². The summed E-state index contributed by atoms with van der Waals surface area (Å²) in [6.07, 6.45) is 0.521. The van der Waals surface area contributed by atoms with E-state index < -0.39 is 10.1 Å². The minimum atomic E-state index is -3.81. The maximum Gasteiger partial charge on any atom is 0.296 e. The zero-order chi connectivity index (χ0) is 18.1. The average Bonchev–Trinajstić information content (AvgIpc) is 2.62. The summed E-state index contributed by atoms with van der Waals surface area (Å²) in [5.41, 5.74) is 2.05. The van der Waals surface area contributed by atoms with Gasteiger partial charge < -0.3 is 9.84 Å². The van der Waals surface area contributed by atoms with Crippen LogP contribution in [0.15, 0.2) is 59.5 Å². The van der Waals surface area contributed by atoms with Crippen LogP contribution in [0.3, 0.4) is 0 Å². The Morgan fingerprint density at radius 1 is 1.04 bits per heavy atom. The van der Waals surface area contributed by atoms with Crippen LogP contribution in [0.5, 0.6) is 0 Å². The van der Waals surface area contributed by atoms with Crippen molar-refractivity contribution in [3.8, 4) is 0 Å². The Balaban J connectivity index is 1.76. The van der Waals surface area contributed by atoms with E-state index in [9.17, 15) is 13.5 Å². The lowest BCUT2D eigenvalue weighted by Crippen LogP contribution is -2.19. The van der Waals surface area contributed by atoms with Gasteiger partial charge in [-0.05, 0) is 31.0 Å². The van der Waals surface area contributed by atoms with Gasteiger partial charge in [0.1, 0.15) is 0 Å². The molecule has 6 heteroatoms. The predicted molar refractivity (Wildman–Crippen MR) is 95.6 cm³/mol. The number of aliphatic hydroxyl groups is 1. The van der Waals surface area contributed by atoms with Gasteiger partial charge in [0.05, 0.1) is 18.1 Å². The third kappa shape index (κ3) is 6.59. The molecule has 5 nitrogen and oxygen atoms in total. The van der Waals surface area contributed by atoms with Crippen molar-refractivity contribution in [2.45, 2.75) is 24.8 Å². The Labute approximate surface area is 149 Å². The molecule has 0 aliphatic rings. The molecule has 0 spiro atoms. The first-order valence-electron chi connectivity index (χ1n) is 8.20. The molecule has 0 fully saturated rings. The molecule has 1 N–H and O–H groups in total. The molecule has 2 aromatic rings. The standard InChI is InChI=1S/C19H24O5S/c1-16-7-9-19(10-8-16)25(21,22)24-15-18(13-20)11-12-23-14-17-5-3-2-4-6-17/h2-10,18,20H,11-15H2,1H3. The first-order valence-corrected chi connectivity index (χ1v) is 9.60. The summed E-state index contributed by atoms with van der Waals surface area (Å²) in [5.74, 6) is -0.295. The molecule has 25 heavy (non-hydrogen) atoms. The first-order chi connectivity index (χ1) is 12.0. The minimum Gasteiger partial charge on any atom is -0.396 e. The van der Waals surface area contributed by atoms with Crippen LogP contribution in [-0.2, 0) is 25.6 Å². The van der Waals surface area contributed by atoms with Crippen molar-refractivity contribution >= 4 is 10.1 Å². The fraction of sp³-hybridized carbons (Fsp3) is 0.368. The van der Waals surface area contributed by atoms with Crippen molar-refractivity contribution in [3.05, 3.63) is 65.7 Å². The van der Waals surface area contributed by atoms with E-state index >= 15 is 0 Å². The van der Waals surface area contributed by atoms with E-state index in [0.717, 1.165) is 11.1 Å². The lowest BCUT2D eigenvalue weighted by Gasteiger charge is -2.14. The third-order valence-corrected chi connectivity index (χ3v) is 5.10. The van der Waals surface area contributed by atoms with Crippen molar-refractivity contribution in [2.24, 2.45) is 5.92 Å². The van der Waals surface area contributed by atoms with Gasteiger partial charge >= 0.3 is 0 Å². The van der Waals surface area contributed by atoms with Crippen molar-refractivity contribution in [2.75, 3.05) is 19.8 Å². The highest BCUT2D eigenvalue weighted by Crippen LogP contribution is 2.15. The second-order valence-corrected chi connectivity index (χ2v) is 7.54. The maximum absolute atomic E-state index is 12.1. The van der Waals surface area contributed by atoms with Crippen LogP contribution < -0.4 is 0 Å². The number of benzene rings is 2. The van der Waals surface area contributed by atoms with E-state index in [0.29, 0.717) is 19.6 Å². The molecule has 0 saturated carbocycles. The van der Waals surface area contributed by atoms with E-state index in [1.807, 2.05) is 37.3 Å². The molecule has 1 unspecified atom stereocenters. The Kier molecular flexibility index (Phi) is 7.58. The number of aryl methyl sites for hydroxylation is 1. The average molecular weight is 364 g/mol. The molecule has 2 aromatic carbocycles. The van der Waals surface area contributed by atoms with Crippen LogP contribution in [-0.4, -0.2) is 33.3 Å². The van der Waals surface area contributed by atoms with Gasteiger partial charge in [-0.3, -0.25) is 4.18 Å². The van der Waals surface area contributed by atoms with Gasteiger partial charge in [-0.2, -0.15) is 8.42 Å². The molecule has 136 valence electrons. The summed E-state index contributed by atoms with van der Waals surface area (Å²) < 4.78 is 34.9. The fourth-order valence-corrected chi connectivity index (χ4v) is 3.18. The quantitative estimate of drug-likeness (QED) is 0.518. The summed E-state index contributed by atoms with van der Waals surface area (Å²) in [6.45, 7) is 2.57. The fourth-order valence-electron chi connectivity index (χ4n) is 2.20. The molecule has 0 bridgehead atoms. The van der Waals surface area contributed by atoms with Crippen LogP contribution in [0.25, 0.3) is 0 Å². The molecule has 0 heterocycles. The zero-order valence-electron chi connectivity index (χ0n) is 14.3. The van der Waals surface area contributed by atoms with Gasteiger partial charge in [0.2, 0.25) is 0 Å². The monoisotopic (exact) mass is 364 g/mol. The molecule has 0 aromatic heterocycles. The molecule has 0 aliphatic carbocycles. The van der Waals surface area contributed by atoms with Crippen LogP contribution in [0.2, 0.25) is 0 Å². The molecule has 0 amide bonds. The summed E-state index contributed by atoms with van der Waals surface area (Å²) in [4.78, 5) is 0.120. The molecule has 1 atom stereocenters. The summed E-state index contributed by atoms with van der Waals surface area (Å²) in [5, 5.41) is 9.42. The topological polar surface area (TPSA) is 72.8 Å². The van der Waals surface area contributed by atoms with E-state index in [1.54, 1.807) is 12.1 Å². The van der Waals surface area contributed by atoms with Crippen molar-refractivity contribution < 1.29 is 22.4 Å². The van der Waals surface area contributed by atoms with Crippen molar-refractivity contribution in [3.63, 3.8) is 0 Å². The van der Waals surface area contributed by atoms with Gasteiger partial charge in [0.25, 0.3) is 10.1 Å². The smallest absolute Gasteiger partial charge is 0.296 e. The number of ether oxygens (including phenoxy) is 1. The molecular formula is C19H24O5S. The van der Waals surface area contributed by atoms with E-state index in [2.05, 4.69) is 0 Å². The molecule has 2 rings (SSSR count). The van der Waals surface area contributed by atoms with E-state index in [1.165, 1.54) is 12.1 Å². The third-order valence-electron chi connectivity index (χ3n) is 3.81. The molecule has 0 aliphatic heterocycles. The van der Waals surface area contributed by atoms with Crippen molar-refractivity contribution in [1.82, 2.24) is 0 Å². The van der Waals surface area contributed by atoms with Gasteiger partial charge in [-0.1, -0.05) is 48.0 Å². The number of hydrogen-bond acceptors (Lipinski definition) is 5. The molecule has 0 radical (unpaired) electrons. The Morgan fingerprint density at radius 2 is 1.72 bits per heavy atom. The summed E-state index contributed by atoms with van der Waals surface area (Å²) in [7, 11) is -3.81. The largest absolute Gasteiger partial charge is 0.396 e. The van der Waals surface area contributed by atoms with Crippen molar-refractivity contribution in [1.29, 1.82) is 0 Å². The van der Waals surface area contributed by atoms with Gasteiger partial charge in [0, 0.05) is 19.1 Å². The summed E-state index contributed by atoms with van der Waals surface area (Å²) in [6, 6.07) is 16.2. The lowest BCUT2D eigenvalue weighted by molar-refractivity contribution is 0.0814. The molecular weight excluding hydrogens is 340 g/mol. The highest BCUT2D eigenvalue weighted by molar-refractivity contribution is 7.86. The first kappa shape index (κ1) is 19.6.